The van der Waals surface area contributed by atoms with Gasteiger partial charge in [-0.2, -0.15) is 0 Å². The molecule has 0 saturated carbocycles. The van der Waals surface area contributed by atoms with Crippen molar-refractivity contribution in [2.45, 2.75) is 96.8 Å². The van der Waals surface area contributed by atoms with Crippen molar-refractivity contribution in [3.05, 3.63) is 27.2 Å². The first-order chi connectivity index (χ1) is 15.8. The molecule has 4 atom stereocenters. The van der Waals surface area contributed by atoms with E-state index in [4.69, 9.17) is 19.0 Å². The number of ether oxygens (including phenoxy) is 3. The van der Waals surface area contributed by atoms with Crippen LogP contribution in [0.5, 0.6) is 0 Å². The van der Waals surface area contributed by atoms with E-state index in [1.54, 1.807) is 22.5 Å². The number of imidazole rings is 1. The van der Waals surface area contributed by atoms with E-state index in [0.717, 1.165) is 25.7 Å². The van der Waals surface area contributed by atoms with Gasteiger partial charge in [0.25, 0.3) is 5.56 Å². The Morgan fingerprint density at radius 3 is 2.42 bits per heavy atom. The van der Waals surface area contributed by atoms with Crippen molar-refractivity contribution in [3.8, 4) is 0 Å². The first kappa shape index (κ1) is 24.1. The lowest BCUT2D eigenvalue weighted by atomic mass is 10.1. The summed E-state index contributed by atoms with van der Waals surface area (Å²) < 4.78 is 23.2. The molecule has 11 heteroatoms. The van der Waals surface area contributed by atoms with Gasteiger partial charge in [0, 0.05) is 20.1 Å². The zero-order chi connectivity index (χ0) is 23.8. The monoisotopic (exact) mass is 465 g/mol. The molecular formula is C22H35N5O6. The molecule has 33 heavy (non-hydrogen) atoms. The minimum absolute atomic E-state index is 0.252. The summed E-state index contributed by atoms with van der Waals surface area (Å²) in [4.78, 5) is 36.5. The standard InChI is InChI=1S/C22H35N5O6/c1-6-8-10-25-18-15(19(28)26(21(25)29)11-9-7-2)27(13-24-18)20-17-16(32-22(3,4)33-17)14(31-20)12-30-23-5/h13-14,16-17,20,23H,6-12H2,1-5H3/t14-,16-,17-,20-/m1/s1. The third-order valence-electron chi connectivity index (χ3n) is 6.20. The molecule has 1 N–H and O–H groups in total. The van der Waals surface area contributed by atoms with E-state index >= 15 is 0 Å². The quantitative estimate of drug-likeness (QED) is 0.526. The normalized spacial score (nSPS) is 26.3. The molecule has 2 saturated heterocycles. The molecule has 2 aromatic heterocycles. The summed E-state index contributed by atoms with van der Waals surface area (Å²) in [7, 11) is 1.68. The van der Waals surface area contributed by atoms with Crippen LogP contribution in [-0.4, -0.2) is 56.4 Å². The largest absolute Gasteiger partial charge is 0.347 e. The number of hydrogen-bond acceptors (Lipinski definition) is 8. The number of nitrogens with one attached hydrogen (secondary N) is 1. The second-order valence-corrected chi connectivity index (χ2v) is 9.07. The van der Waals surface area contributed by atoms with E-state index in [9.17, 15) is 9.59 Å². The number of aromatic nitrogens is 4. The number of fused-ring (bicyclic) bond motifs is 2. The first-order valence-electron chi connectivity index (χ1n) is 11.8. The SMILES string of the molecule is CCCCn1c(=O)c2c(ncn2[C@@H]2O[C@H](CONC)[C@H]3OC(C)(C)O[C@H]32)n(CCCC)c1=O. The van der Waals surface area contributed by atoms with Gasteiger partial charge >= 0.3 is 5.69 Å². The highest BCUT2D eigenvalue weighted by molar-refractivity contribution is 5.70. The van der Waals surface area contributed by atoms with Crippen LogP contribution in [0.3, 0.4) is 0 Å². The maximum absolute atomic E-state index is 13.5. The molecule has 0 unspecified atom stereocenters. The molecule has 0 bridgehead atoms. The Morgan fingerprint density at radius 1 is 1.09 bits per heavy atom. The average Bonchev–Trinajstić information content (AvgIpc) is 3.43. The van der Waals surface area contributed by atoms with Gasteiger partial charge in [-0.05, 0) is 26.7 Å². The maximum atomic E-state index is 13.5. The third-order valence-corrected chi connectivity index (χ3v) is 6.20. The molecule has 0 aromatic carbocycles. The predicted octanol–water partition coefficient (Wildman–Crippen LogP) is 1.53. The Kier molecular flexibility index (Phi) is 7.06. The number of hydrogen-bond donors (Lipinski definition) is 1. The fourth-order valence-corrected chi connectivity index (χ4v) is 4.61. The molecule has 2 aromatic rings. The zero-order valence-electron chi connectivity index (χ0n) is 20.1. The van der Waals surface area contributed by atoms with E-state index < -0.39 is 24.2 Å². The Morgan fingerprint density at radius 2 is 1.76 bits per heavy atom. The van der Waals surface area contributed by atoms with E-state index in [2.05, 4.69) is 17.4 Å². The lowest BCUT2D eigenvalue weighted by Gasteiger charge is -2.24. The van der Waals surface area contributed by atoms with Crippen LogP contribution in [0.25, 0.3) is 11.2 Å². The molecule has 4 heterocycles. The van der Waals surface area contributed by atoms with Gasteiger partial charge in [-0.1, -0.05) is 26.7 Å². The molecule has 0 radical (unpaired) electrons. The van der Waals surface area contributed by atoms with Crippen molar-refractivity contribution in [2.24, 2.45) is 0 Å². The van der Waals surface area contributed by atoms with E-state index in [1.807, 2.05) is 20.8 Å². The second kappa shape index (κ2) is 9.67. The van der Waals surface area contributed by atoms with Crippen LogP contribution < -0.4 is 16.7 Å². The number of rotatable bonds is 10. The average molecular weight is 466 g/mol. The Labute approximate surface area is 192 Å². The summed E-state index contributed by atoms with van der Waals surface area (Å²) in [5.41, 5.74) is 2.70. The molecule has 0 spiro atoms. The smallest absolute Gasteiger partial charge is 0.332 e. The van der Waals surface area contributed by atoms with E-state index in [-0.39, 0.29) is 24.0 Å². The van der Waals surface area contributed by atoms with Crippen LogP contribution in [0.1, 0.15) is 59.6 Å². The summed E-state index contributed by atoms with van der Waals surface area (Å²) in [6.45, 7) is 8.91. The Bertz CT molecular complexity index is 1090. The van der Waals surface area contributed by atoms with Crippen molar-refractivity contribution < 1.29 is 19.0 Å². The van der Waals surface area contributed by atoms with Gasteiger partial charge in [-0.15, -0.1) is 0 Å². The highest BCUT2D eigenvalue weighted by Gasteiger charge is 2.56. The van der Waals surface area contributed by atoms with Gasteiger partial charge in [0.2, 0.25) is 0 Å². The van der Waals surface area contributed by atoms with Crippen LogP contribution in [0.4, 0.5) is 0 Å². The van der Waals surface area contributed by atoms with Gasteiger partial charge in [-0.25, -0.2) is 15.3 Å². The third kappa shape index (κ3) is 4.40. The summed E-state index contributed by atoms with van der Waals surface area (Å²) in [5.74, 6) is -0.795. The van der Waals surface area contributed by atoms with Crippen molar-refractivity contribution in [1.82, 2.24) is 24.2 Å². The van der Waals surface area contributed by atoms with Crippen molar-refractivity contribution in [3.63, 3.8) is 0 Å². The Balaban J connectivity index is 1.82. The molecule has 11 nitrogen and oxygen atoms in total. The molecule has 2 fully saturated rings. The van der Waals surface area contributed by atoms with Crippen molar-refractivity contribution in [2.75, 3.05) is 13.7 Å². The van der Waals surface area contributed by atoms with Gasteiger partial charge < -0.3 is 14.2 Å². The lowest BCUT2D eigenvalue weighted by molar-refractivity contribution is -0.203. The fourth-order valence-electron chi connectivity index (χ4n) is 4.61. The fraction of sp³-hybridized carbons (Fsp3) is 0.773. The van der Waals surface area contributed by atoms with Gasteiger partial charge in [0.1, 0.15) is 18.3 Å². The molecule has 0 amide bonds. The molecule has 2 aliphatic rings. The number of aryl methyl sites for hydroxylation is 1. The van der Waals surface area contributed by atoms with Gasteiger partial charge in [0.15, 0.2) is 23.2 Å². The number of unbranched alkanes of at least 4 members (excludes halogenated alkanes) is 2. The summed E-state index contributed by atoms with van der Waals surface area (Å²) in [5, 5.41) is 0. The molecule has 184 valence electrons. The first-order valence-corrected chi connectivity index (χ1v) is 11.8. The highest BCUT2D eigenvalue weighted by Crippen LogP contribution is 2.43. The number of nitrogens with zero attached hydrogens (tertiary/aromatic N) is 4. The van der Waals surface area contributed by atoms with Crippen LogP contribution in [0.2, 0.25) is 0 Å². The van der Waals surface area contributed by atoms with E-state index in [1.165, 1.54) is 4.57 Å². The van der Waals surface area contributed by atoms with Crippen LogP contribution >= 0.6 is 0 Å². The Hall–Kier alpha value is -2.05. The van der Waals surface area contributed by atoms with Crippen LogP contribution in [-0.2, 0) is 32.1 Å². The van der Waals surface area contributed by atoms with Gasteiger partial charge in [0.05, 0.1) is 12.9 Å². The number of hydroxylamine groups is 1. The lowest BCUT2D eigenvalue weighted by Crippen LogP contribution is -2.41. The second-order valence-electron chi connectivity index (χ2n) is 9.07. The minimum atomic E-state index is -0.795. The van der Waals surface area contributed by atoms with Crippen molar-refractivity contribution >= 4 is 11.2 Å². The highest BCUT2D eigenvalue weighted by atomic mass is 16.8. The zero-order valence-corrected chi connectivity index (χ0v) is 20.1. The molecule has 4 rings (SSSR count). The van der Waals surface area contributed by atoms with Gasteiger partial charge in [-0.3, -0.25) is 23.3 Å². The molecule has 0 aliphatic carbocycles. The summed E-state index contributed by atoms with van der Waals surface area (Å²) >= 11 is 0. The topological polar surface area (TPSA) is 111 Å². The van der Waals surface area contributed by atoms with Crippen LogP contribution in [0.15, 0.2) is 15.9 Å². The van der Waals surface area contributed by atoms with Crippen molar-refractivity contribution in [1.29, 1.82) is 0 Å². The molecule has 2 aliphatic heterocycles. The summed E-state index contributed by atoms with van der Waals surface area (Å²) in [6, 6.07) is 0. The predicted molar refractivity (Wildman–Crippen MR) is 121 cm³/mol. The minimum Gasteiger partial charge on any atom is -0.347 e. The molecular weight excluding hydrogens is 430 g/mol. The van der Waals surface area contributed by atoms with E-state index in [0.29, 0.717) is 24.3 Å². The maximum Gasteiger partial charge on any atom is 0.332 e. The van der Waals surface area contributed by atoms with Crippen LogP contribution in [0, 0.1) is 0 Å². The summed E-state index contributed by atoms with van der Waals surface area (Å²) in [6.07, 6.45) is 3.04.